The van der Waals surface area contributed by atoms with Gasteiger partial charge in [-0.2, -0.15) is 0 Å². The summed E-state index contributed by atoms with van der Waals surface area (Å²) in [7, 11) is 3.48. The highest BCUT2D eigenvalue weighted by Gasteiger charge is 2.05. The summed E-state index contributed by atoms with van der Waals surface area (Å²) < 4.78 is 5.22. The van der Waals surface area contributed by atoms with E-state index in [-0.39, 0.29) is 5.91 Å². The van der Waals surface area contributed by atoms with Gasteiger partial charge in [0, 0.05) is 14.1 Å². The molecule has 1 aromatic heterocycles. The first-order valence-electron chi connectivity index (χ1n) is 4.55. The number of aryl methyl sites for hydroxylation is 1. The molecule has 0 radical (unpaired) electrons. The Hall–Kier alpha value is -1.29. The molecule has 0 aliphatic heterocycles. The summed E-state index contributed by atoms with van der Waals surface area (Å²) in [5.74, 6) is 0.950. The van der Waals surface area contributed by atoms with Gasteiger partial charge < -0.3 is 14.6 Å². The number of nitrogens with one attached hydrogen (secondary N) is 1. The molecule has 1 amide bonds. The first-order valence-corrected chi connectivity index (χ1v) is 4.55. The molecule has 0 aliphatic carbocycles. The van der Waals surface area contributed by atoms with E-state index in [1.54, 1.807) is 25.3 Å². The first kappa shape index (κ1) is 10.8. The maximum Gasteiger partial charge on any atom is 0.236 e. The van der Waals surface area contributed by atoms with Gasteiger partial charge in [-0.15, -0.1) is 0 Å². The fourth-order valence-corrected chi connectivity index (χ4v) is 1.03. The molecule has 1 aromatic rings. The zero-order valence-corrected chi connectivity index (χ0v) is 8.83. The third-order valence-corrected chi connectivity index (χ3v) is 2.03. The summed E-state index contributed by atoms with van der Waals surface area (Å²) in [5.41, 5.74) is 1.11. The fourth-order valence-electron chi connectivity index (χ4n) is 1.03. The van der Waals surface area contributed by atoms with Crippen LogP contribution >= 0.6 is 0 Å². The Morgan fingerprint density at radius 1 is 1.57 bits per heavy atom. The topological polar surface area (TPSA) is 45.5 Å². The predicted octanol–water partition coefficient (Wildman–Crippen LogP) is 0.766. The summed E-state index contributed by atoms with van der Waals surface area (Å²) in [6.45, 7) is 2.92. The largest absolute Gasteiger partial charge is 0.468 e. The number of likely N-dealkylation sites (N-methyl/N-ethyl adjacent to an activating group) is 1. The predicted molar refractivity (Wildman–Crippen MR) is 53.8 cm³/mol. The second-order valence-corrected chi connectivity index (χ2v) is 3.42. The second-order valence-electron chi connectivity index (χ2n) is 3.42. The molecular weight excluding hydrogens is 180 g/mol. The number of hydrogen-bond donors (Lipinski definition) is 1. The van der Waals surface area contributed by atoms with E-state index in [0.717, 1.165) is 11.3 Å². The molecule has 14 heavy (non-hydrogen) atoms. The van der Waals surface area contributed by atoms with Crippen LogP contribution in [0, 0.1) is 6.92 Å². The van der Waals surface area contributed by atoms with Crippen molar-refractivity contribution in [1.29, 1.82) is 0 Å². The molecule has 0 bridgehead atoms. The van der Waals surface area contributed by atoms with Crippen LogP contribution in [0.1, 0.15) is 11.3 Å². The Bertz CT molecular complexity index is 305. The van der Waals surface area contributed by atoms with Crippen LogP contribution in [0.2, 0.25) is 0 Å². The normalized spacial score (nSPS) is 10.2. The number of rotatable bonds is 4. The van der Waals surface area contributed by atoms with E-state index in [4.69, 9.17) is 4.42 Å². The number of amides is 1. The van der Waals surface area contributed by atoms with Crippen LogP contribution in [0.3, 0.4) is 0 Å². The molecule has 1 heterocycles. The lowest BCUT2D eigenvalue weighted by atomic mass is 10.3. The van der Waals surface area contributed by atoms with Gasteiger partial charge >= 0.3 is 0 Å². The number of hydrogen-bond acceptors (Lipinski definition) is 3. The molecular formula is C10H16N2O2. The van der Waals surface area contributed by atoms with Crippen LogP contribution in [-0.2, 0) is 11.3 Å². The summed E-state index contributed by atoms with van der Waals surface area (Å²) in [6, 6.07) is 1.91. The van der Waals surface area contributed by atoms with Gasteiger partial charge in [0.15, 0.2) is 0 Å². The average Bonchev–Trinajstić information content (AvgIpc) is 2.51. The van der Waals surface area contributed by atoms with Crippen LogP contribution in [-0.4, -0.2) is 31.4 Å². The molecule has 1 N–H and O–H groups in total. The lowest BCUT2D eigenvalue weighted by Crippen LogP contribution is -2.32. The molecule has 78 valence electrons. The minimum Gasteiger partial charge on any atom is -0.468 e. The Kier molecular flexibility index (Phi) is 3.71. The Balaban J connectivity index is 2.29. The highest BCUT2D eigenvalue weighted by Crippen LogP contribution is 2.07. The molecule has 0 saturated heterocycles. The van der Waals surface area contributed by atoms with E-state index in [0.29, 0.717) is 13.1 Å². The molecule has 0 saturated carbocycles. The maximum atomic E-state index is 11.2. The van der Waals surface area contributed by atoms with Crippen molar-refractivity contribution >= 4 is 5.91 Å². The van der Waals surface area contributed by atoms with Crippen LogP contribution in [0.25, 0.3) is 0 Å². The van der Waals surface area contributed by atoms with Gasteiger partial charge in [0.1, 0.15) is 5.76 Å². The van der Waals surface area contributed by atoms with Gasteiger partial charge in [-0.25, -0.2) is 0 Å². The Morgan fingerprint density at radius 2 is 2.29 bits per heavy atom. The molecule has 0 fully saturated rings. The second kappa shape index (κ2) is 4.81. The van der Waals surface area contributed by atoms with Crippen LogP contribution < -0.4 is 5.32 Å². The molecule has 1 rings (SSSR count). The molecule has 4 nitrogen and oxygen atoms in total. The maximum absolute atomic E-state index is 11.2. The minimum atomic E-state index is 0.0641. The van der Waals surface area contributed by atoms with E-state index >= 15 is 0 Å². The van der Waals surface area contributed by atoms with Crippen molar-refractivity contribution < 1.29 is 9.21 Å². The standard InChI is InChI=1S/C10H16N2O2/c1-8-4-5-14-9(8)6-11-7-10(13)12(2)3/h4-5,11H,6-7H2,1-3H3. The summed E-state index contributed by atoms with van der Waals surface area (Å²) >= 11 is 0. The zero-order chi connectivity index (χ0) is 10.6. The van der Waals surface area contributed by atoms with Crippen LogP contribution in [0.15, 0.2) is 16.7 Å². The average molecular weight is 196 g/mol. The SMILES string of the molecule is Cc1ccoc1CNCC(=O)N(C)C. The lowest BCUT2D eigenvalue weighted by Gasteiger charge is -2.10. The Morgan fingerprint density at radius 3 is 2.79 bits per heavy atom. The van der Waals surface area contributed by atoms with E-state index in [9.17, 15) is 4.79 Å². The van der Waals surface area contributed by atoms with Gasteiger partial charge in [0.05, 0.1) is 19.4 Å². The number of carbonyl (C=O) groups is 1. The molecule has 0 aliphatic rings. The first-order chi connectivity index (χ1) is 6.61. The van der Waals surface area contributed by atoms with Gasteiger partial charge in [0.2, 0.25) is 5.91 Å². The highest BCUT2D eigenvalue weighted by atomic mass is 16.3. The van der Waals surface area contributed by atoms with E-state index in [2.05, 4.69) is 5.32 Å². The monoisotopic (exact) mass is 196 g/mol. The van der Waals surface area contributed by atoms with Gasteiger partial charge in [-0.1, -0.05) is 0 Å². The van der Waals surface area contributed by atoms with E-state index in [1.807, 2.05) is 13.0 Å². The summed E-state index contributed by atoms with van der Waals surface area (Å²) in [6.07, 6.45) is 1.65. The summed E-state index contributed by atoms with van der Waals surface area (Å²) in [5, 5.41) is 3.02. The molecule has 4 heteroatoms. The Labute approximate surface area is 83.9 Å². The number of carbonyl (C=O) groups excluding carboxylic acids is 1. The van der Waals surface area contributed by atoms with Gasteiger partial charge in [-0.3, -0.25) is 4.79 Å². The molecule has 0 spiro atoms. The highest BCUT2D eigenvalue weighted by molar-refractivity contribution is 5.77. The third kappa shape index (κ3) is 2.88. The minimum absolute atomic E-state index is 0.0641. The number of nitrogens with zero attached hydrogens (tertiary/aromatic N) is 1. The molecule has 0 aromatic carbocycles. The van der Waals surface area contributed by atoms with Crippen molar-refractivity contribution in [3.8, 4) is 0 Å². The summed E-state index contributed by atoms with van der Waals surface area (Å²) in [4.78, 5) is 12.7. The van der Waals surface area contributed by atoms with Crippen molar-refractivity contribution in [2.45, 2.75) is 13.5 Å². The van der Waals surface area contributed by atoms with Crippen LogP contribution in [0.5, 0.6) is 0 Å². The molecule has 0 unspecified atom stereocenters. The lowest BCUT2D eigenvalue weighted by molar-refractivity contribution is -0.127. The van der Waals surface area contributed by atoms with Gasteiger partial charge in [0.25, 0.3) is 0 Å². The van der Waals surface area contributed by atoms with Crippen molar-refractivity contribution in [2.75, 3.05) is 20.6 Å². The van der Waals surface area contributed by atoms with Crippen molar-refractivity contribution in [3.63, 3.8) is 0 Å². The van der Waals surface area contributed by atoms with Crippen molar-refractivity contribution in [3.05, 3.63) is 23.7 Å². The fraction of sp³-hybridized carbons (Fsp3) is 0.500. The quantitative estimate of drug-likeness (QED) is 0.773. The van der Waals surface area contributed by atoms with Crippen molar-refractivity contribution in [2.24, 2.45) is 0 Å². The van der Waals surface area contributed by atoms with Gasteiger partial charge in [-0.05, 0) is 18.6 Å². The van der Waals surface area contributed by atoms with Crippen LogP contribution in [0.4, 0.5) is 0 Å². The zero-order valence-electron chi connectivity index (χ0n) is 8.83. The number of furan rings is 1. The van der Waals surface area contributed by atoms with E-state index in [1.165, 1.54) is 0 Å². The smallest absolute Gasteiger partial charge is 0.236 e. The third-order valence-electron chi connectivity index (χ3n) is 2.03. The molecule has 0 atom stereocenters. The van der Waals surface area contributed by atoms with Crippen molar-refractivity contribution in [1.82, 2.24) is 10.2 Å². The van der Waals surface area contributed by atoms with E-state index < -0.39 is 0 Å².